The molecule has 1 aromatic heterocycles. The third-order valence-corrected chi connectivity index (χ3v) is 5.99. The first-order valence-electron chi connectivity index (χ1n) is 8.63. The summed E-state index contributed by atoms with van der Waals surface area (Å²) in [6.45, 7) is 1.94. The molecule has 156 valence electrons. The van der Waals surface area contributed by atoms with Crippen LogP contribution in [0.4, 0.5) is 30.4 Å². The monoisotopic (exact) mass is 430 g/mol. The summed E-state index contributed by atoms with van der Waals surface area (Å²) in [5, 5.41) is 14.0. The highest BCUT2D eigenvalue weighted by molar-refractivity contribution is 7.92. The number of nitro benzene ring substituents is 1. The fourth-order valence-corrected chi connectivity index (χ4v) is 3.78. The summed E-state index contributed by atoms with van der Waals surface area (Å²) in [5.74, 6) is 0.780. The molecule has 0 atom stereocenters. The quantitative estimate of drug-likeness (QED) is 0.552. The van der Waals surface area contributed by atoms with Crippen molar-refractivity contribution in [1.82, 2.24) is 4.98 Å². The number of alkyl halides is 3. The molecule has 2 heterocycles. The molecule has 0 amide bonds. The molecule has 8 nitrogen and oxygen atoms in total. The average Bonchev–Trinajstić information content (AvgIpc) is 3.20. The molecule has 1 aromatic carbocycles. The van der Waals surface area contributed by atoms with E-state index < -0.39 is 30.9 Å². The number of nitrogens with zero attached hydrogens (tertiary/aromatic N) is 3. The van der Waals surface area contributed by atoms with Gasteiger partial charge < -0.3 is 10.2 Å². The molecule has 0 bridgehead atoms. The van der Waals surface area contributed by atoms with E-state index >= 15 is 0 Å². The Morgan fingerprint density at radius 3 is 2.48 bits per heavy atom. The predicted octanol–water partition coefficient (Wildman–Crippen LogP) is 3.50. The van der Waals surface area contributed by atoms with E-state index in [4.69, 9.17) is 0 Å². The number of pyridine rings is 1. The van der Waals surface area contributed by atoms with Gasteiger partial charge in [0.25, 0.3) is 15.5 Å². The lowest BCUT2D eigenvalue weighted by Gasteiger charge is -2.17. The Bertz CT molecular complexity index is 1020. The molecule has 0 spiro atoms. The summed E-state index contributed by atoms with van der Waals surface area (Å²) >= 11 is 0. The normalized spacial score (nSPS) is 14.8. The molecule has 2 aromatic rings. The Balaban J connectivity index is 1.83. The zero-order chi connectivity index (χ0) is 21.2. The van der Waals surface area contributed by atoms with E-state index in [1.165, 1.54) is 0 Å². The summed E-state index contributed by atoms with van der Waals surface area (Å²) < 4.78 is 61.1. The van der Waals surface area contributed by atoms with Crippen LogP contribution in [0.15, 0.2) is 41.4 Å². The average molecular weight is 430 g/mol. The lowest BCUT2D eigenvalue weighted by Crippen LogP contribution is -2.23. The number of sulfone groups is 1. The van der Waals surface area contributed by atoms with E-state index in [1.807, 2.05) is 6.07 Å². The Hall–Kier alpha value is -2.89. The van der Waals surface area contributed by atoms with Crippen LogP contribution in [-0.4, -0.2) is 36.9 Å². The summed E-state index contributed by atoms with van der Waals surface area (Å²) in [4.78, 5) is 15.6. The van der Waals surface area contributed by atoms with Crippen molar-refractivity contribution >= 4 is 27.0 Å². The van der Waals surface area contributed by atoms with E-state index in [0.29, 0.717) is 12.1 Å². The lowest BCUT2D eigenvalue weighted by molar-refractivity contribution is -0.384. The molecule has 1 fully saturated rings. The summed E-state index contributed by atoms with van der Waals surface area (Å²) in [5.41, 5.74) is -5.62. The van der Waals surface area contributed by atoms with Crippen LogP contribution in [0.25, 0.3) is 0 Å². The van der Waals surface area contributed by atoms with Crippen LogP contribution in [-0.2, 0) is 16.4 Å². The first kappa shape index (κ1) is 20.8. The molecule has 1 saturated heterocycles. The number of halogens is 3. The van der Waals surface area contributed by atoms with Crippen LogP contribution in [0.3, 0.4) is 0 Å². The van der Waals surface area contributed by atoms with Gasteiger partial charge in [-0.25, -0.2) is 13.4 Å². The van der Waals surface area contributed by atoms with Crippen LogP contribution >= 0.6 is 0 Å². The minimum atomic E-state index is -5.68. The largest absolute Gasteiger partial charge is 0.501 e. The summed E-state index contributed by atoms with van der Waals surface area (Å²) in [7, 11) is -5.68. The molecular formula is C17H17F3N4O4S. The van der Waals surface area contributed by atoms with Crippen molar-refractivity contribution < 1.29 is 26.5 Å². The van der Waals surface area contributed by atoms with Crippen LogP contribution in [0.1, 0.15) is 18.4 Å². The third kappa shape index (κ3) is 4.42. The van der Waals surface area contributed by atoms with Gasteiger partial charge in [-0.2, -0.15) is 13.2 Å². The molecule has 1 N–H and O–H groups in total. The topological polar surface area (TPSA) is 105 Å². The number of rotatable bonds is 6. The smallest absolute Gasteiger partial charge is 0.375 e. The summed E-state index contributed by atoms with van der Waals surface area (Å²) in [6, 6.07) is 5.60. The SMILES string of the molecule is O=[N+]([O-])c1cc(S(=O)(=O)C(F)(F)F)ccc1NCc1ccnc(N2CCCC2)c1. The molecular weight excluding hydrogens is 413 g/mol. The molecule has 12 heteroatoms. The van der Waals surface area contributed by atoms with Crippen molar-refractivity contribution in [2.75, 3.05) is 23.3 Å². The number of nitrogens with one attached hydrogen (secondary N) is 1. The van der Waals surface area contributed by atoms with E-state index in [-0.39, 0.29) is 12.2 Å². The minimum Gasteiger partial charge on any atom is -0.375 e. The van der Waals surface area contributed by atoms with Crippen molar-refractivity contribution in [3.05, 3.63) is 52.2 Å². The number of hydrogen-bond acceptors (Lipinski definition) is 7. The zero-order valence-electron chi connectivity index (χ0n) is 15.0. The number of benzene rings is 1. The second kappa shape index (κ2) is 7.85. The molecule has 29 heavy (non-hydrogen) atoms. The van der Waals surface area contributed by atoms with Gasteiger partial charge in [-0.3, -0.25) is 10.1 Å². The van der Waals surface area contributed by atoms with E-state index in [1.54, 1.807) is 12.3 Å². The second-order valence-corrected chi connectivity index (χ2v) is 8.40. The molecule has 0 unspecified atom stereocenters. The fourth-order valence-electron chi connectivity index (χ4n) is 3.00. The standard InChI is InChI=1S/C17H17F3N4O4S/c18-17(19,20)29(27,28)13-3-4-14(15(10-13)24(25)26)22-11-12-5-6-21-16(9-12)23-7-1-2-8-23/h3-6,9-10,22H,1-2,7-8,11H2. The lowest BCUT2D eigenvalue weighted by atomic mass is 10.2. The maximum absolute atomic E-state index is 12.7. The van der Waals surface area contributed by atoms with Crippen LogP contribution in [0.2, 0.25) is 0 Å². The first-order valence-corrected chi connectivity index (χ1v) is 10.1. The van der Waals surface area contributed by atoms with Crippen molar-refractivity contribution in [2.45, 2.75) is 29.8 Å². The molecule has 0 aliphatic carbocycles. The minimum absolute atomic E-state index is 0.0874. The van der Waals surface area contributed by atoms with Crippen LogP contribution < -0.4 is 10.2 Å². The van der Waals surface area contributed by atoms with Crippen molar-refractivity contribution in [3.63, 3.8) is 0 Å². The molecule has 1 aliphatic rings. The van der Waals surface area contributed by atoms with E-state index in [9.17, 15) is 31.7 Å². The number of anilines is 2. The fraction of sp³-hybridized carbons (Fsp3) is 0.353. The van der Waals surface area contributed by atoms with Crippen LogP contribution in [0.5, 0.6) is 0 Å². The highest BCUT2D eigenvalue weighted by Crippen LogP contribution is 2.35. The van der Waals surface area contributed by atoms with Gasteiger partial charge in [0, 0.05) is 31.9 Å². The Morgan fingerprint density at radius 2 is 1.86 bits per heavy atom. The number of hydrogen-bond donors (Lipinski definition) is 1. The maximum atomic E-state index is 12.7. The Kier molecular flexibility index (Phi) is 5.64. The third-order valence-electron chi connectivity index (χ3n) is 4.50. The molecule has 0 radical (unpaired) electrons. The highest BCUT2D eigenvalue weighted by Gasteiger charge is 2.47. The van der Waals surface area contributed by atoms with E-state index in [0.717, 1.165) is 43.4 Å². The van der Waals surface area contributed by atoms with Gasteiger partial charge in [0.1, 0.15) is 11.5 Å². The first-order chi connectivity index (χ1) is 13.6. The molecule has 3 rings (SSSR count). The van der Waals surface area contributed by atoms with Gasteiger partial charge in [-0.15, -0.1) is 0 Å². The molecule has 1 aliphatic heterocycles. The number of nitro groups is 1. The van der Waals surface area contributed by atoms with Gasteiger partial charge in [0.05, 0.1) is 9.82 Å². The number of aromatic nitrogens is 1. The Labute approximate surface area is 164 Å². The molecule has 0 saturated carbocycles. The zero-order valence-corrected chi connectivity index (χ0v) is 15.8. The van der Waals surface area contributed by atoms with Crippen molar-refractivity contribution in [3.8, 4) is 0 Å². The van der Waals surface area contributed by atoms with Gasteiger partial charge in [0.15, 0.2) is 0 Å². The summed E-state index contributed by atoms with van der Waals surface area (Å²) in [6.07, 6.45) is 3.76. The maximum Gasteiger partial charge on any atom is 0.501 e. The van der Waals surface area contributed by atoms with Gasteiger partial charge in [-0.05, 0) is 42.7 Å². The highest BCUT2D eigenvalue weighted by atomic mass is 32.2. The van der Waals surface area contributed by atoms with Gasteiger partial charge in [-0.1, -0.05) is 0 Å². The van der Waals surface area contributed by atoms with Crippen molar-refractivity contribution in [1.29, 1.82) is 0 Å². The van der Waals surface area contributed by atoms with Gasteiger partial charge >= 0.3 is 5.51 Å². The van der Waals surface area contributed by atoms with E-state index in [2.05, 4.69) is 15.2 Å². The second-order valence-electron chi connectivity index (χ2n) is 6.46. The van der Waals surface area contributed by atoms with Crippen LogP contribution in [0, 0.1) is 10.1 Å². The van der Waals surface area contributed by atoms with Crippen molar-refractivity contribution in [2.24, 2.45) is 0 Å². The predicted molar refractivity (Wildman–Crippen MR) is 99.3 cm³/mol. The van der Waals surface area contributed by atoms with Gasteiger partial charge in [0.2, 0.25) is 0 Å². The Morgan fingerprint density at radius 1 is 1.17 bits per heavy atom.